The van der Waals surface area contributed by atoms with E-state index >= 15 is 0 Å². The first-order chi connectivity index (χ1) is 6.25. The Morgan fingerprint density at radius 3 is 2.92 bits per heavy atom. The van der Waals surface area contributed by atoms with Crippen molar-refractivity contribution in [2.24, 2.45) is 0 Å². The molecular weight excluding hydrogens is 162 g/mol. The molecule has 0 spiro atoms. The number of para-hydroxylation sites is 1. The normalized spacial score (nSPS) is 9.08. The highest BCUT2D eigenvalue weighted by molar-refractivity contribution is 5.60. The second kappa shape index (κ2) is 4.54. The van der Waals surface area contributed by atoms with Crippen molar-refractivity contribution in [2.45, 2.75) is 13.3 Å². The molecule has 2 heteroatoms. The molecule has 0 aliphatic heterocycles. The molecule has 0 fully saturated rings. The van der Waals surface area contributed by atoms with E-state index in [9.17, 15) is 0 Å². The number of aliphatic hydroxyl groups is 1. The van der Waals surface area contributed by atoms with Crippen LogP contribution in [0.3, 0.4) is 0 Å². The molecule has 0 saturated heterocycles. The van der Waals surface area contributed by atoms with Crippen molar-refractivity contribution in [1.82, 2.24) is 0 Å². The summed E-state index contributed by atoms with van der Waals surface area (Å²) < 4.78 is 0. The number of benzene rings is 1. The van der Waals surface area contributed by atoms with Gasteiger partial charge in [0.15, 0.2) is 0 Å². The van der Waals surface area contributed by atoms with E-state index in [4.69, 9.17) is 10.8 Å². The van der Waals surface area contributed by atoms with Gasteiger partial charge in [-0.15, -0.1) is 0 Å². The Bertz CT molecular complexity index is 347. The van der Waals surface area contributed by atoms with Crippen LogP contribution in [0.15, 0.2) is 18.2 Å². The lowest BCUT2D eigenvalue weighted by molar-refractivity contribution is 0.305. The molecule has 0 heterocycles. The maximum absolute atomic E-state index is 8.53. The summed E-state index contributed by atoms with van der Waals surface area (Å²) in [5, 5.41) is 8.53. The first-order valence-electron chi connectivity index (χ1n) is 4.20. The van der Waals surface area contributed by atoms with Crippen molar-refractivity contribution in [3.63, 3.8) is 0 Å². The van der Waals surface area contributed by atoms with E-state index in [2.05, 4.69) is 11.8 Å². The summed E-state index contributed by atoms with van der Waals surface area (Å²) in [5.41, 5.74) is 8.41. The summed E-state index contributed by atoms with van der Waals surface area (Å²) >= 11 is 0. The molecule has 0 atom stereocenters. The summed E-state index contributed by atoms with van der Waals surface area (Å²) in [6.07, 6.45) is 0.493. The van der Waals surface area contributed by atoms with Crippen molar-refractivity contribution >= 4 is 5.69 Å². The number of rotatable bonds is 1. The minimum Gasteiger partial charge on any atom is -0.398 e. The Hall–Kier alpha value is -1.46. The van der Waals surface area contributed by atoms with E-state index in [1.54, 1.807) is 0 Å². The number of hydrogen-bond acceptors (Lipinski definition) is 2. The smallest absolute Gasteiger partial charge is 0.0540 e. The van der Waals surface area contributed by atoms with Crippen LogP contribution in [0.2, 0.25) is 0 Å². The van der Waals surface area contributed by atoms with Gasteiger partial charge in [0.05, 0.1) is 12.3 Å². The van der Waals surface area contributed by atoms with Crippen molar-refractivity contribution in [2.75, 3.05) is 12.3 Å². The highest BCUT2D eigenvalue weighted by atomic mass is 16.2. The second-order valence-electron chi connectivity index (χ2n) is 2.81. The number of anilines is 1. The summed E-state index contributed by atoms with van der Waals surface area (Å²) in [6.45, 7) is 2.05. The zero-order valence-corrected chi connectivity index (χ0v) is 7.67. The standard InChI is InChI=1S/C11H13NO/c1-9-5-4-7-10(11(9)12)6-2-3-8-13/h4-5,7,13H,3,8,12H2,1H3. The topological polar surface area (TPSA) is 46.2 Å². The van der Waals surface area contributed by atoms with Crippen molar-refractivity contribution in [1.29, 1.82) is 0 Å². The van der Waals surface area contributed by atoms with E-state index < -0.39 is 0 Å². The van der Waals surface area contributed by atoms with Gasteiger partial charge in [0, 0.05) is 12.0 Å². The summed E-state index contributed by atoms with van der Waals surface area (Å²) in [5.74, 6) is 5.76. The average molecular weight is 175 g/mol. The molecule has 0 unspecified atom stereocenters. The minimum atomic E-state index is 0.0960. The van der Waals surface area contributed by atoms with Gasteiger partial charge in [-0.1, -0.05) is 24.0 Å². The summed E-state index contributed by atoms with van der Waals surface area (Å²) in [7, 11) is 0. The third-order valence-electron chi connectivity index (χ3n) is 1.78. The SMILES string of the molecule is Cc1cccc(C#CCCO)c1N. The molecule has 1 aromatic carbocycles. The van der Waals surface area contributed by atoms with Gasteiger partial charge < -0.3 is 10.8 Å². The van der Waals surface area contributed by atoms with E-state index in [0.29, 0.717) is 6.42 Å². The first kappa shape index (κ1) is 9.63. The van der Waals surface area contributed by atoms with Crippen LogP contribution in [0.25, 0.3) is 0 Å². The molecule has 1 rings (SSSR count). The van der Waals surface area contributed by atoms with Gasteiger partial charge in [-0.3, -0.25) is 0 Å². The molecule has 13 heavy (non-hydrogen) atoms. The zero-order chi connectivity index (χ0) is 9.68. The molecule has 0 bridgehead atoms. The highest BCUT2D eigenvalue weighted by Crippen LogP contribution is 2.14. The van der Waals surface area contributed by atoms with Gasteiger partial charge in [0.1, 0.15) is 0 Å². The minimum absolute atomic E-state index is 0.0960. The summed E-state index contributed by atoms with van der Waals surface area (Å²) in [4.78, 5) is 0. The Labute approximate surface area is 78.4 Å². The van der Waals surface area contributed by atoms with Crippen LogP contribution in [0, 0.1) is 18.8 Å². The number of nitrogen functional groups attached to an aromatic ring is 1. The highest BCUT2D eigenvalue weighted by Gasteiger charge is 1.96. The fourth-order valence-electron chi connectivity index (χ4n) is 1.00. The van der Waals surface area contributed by atoms with Gasteiger partial charge in [0.2, 0.25) is 0 Å². The number of aryl methyl sites for hydroxylation is 1. The second-order valence-corrected chi connectivity index (χ2v) is 2.81. The van der Waals surface area contributed by atoms with E-state index in [0.717, 1.165) is 16.8 Å². The Balaban J connectivity index is 2.91. The van der Waals surface area contributed by atoms with Crippen LogP contribution >= 0.6 is 0 Å². The Morgan fingerprint density at radius 2 is 2.23 bits per heavy atom. The molecule has 68 valence electrons. The number of aliphatic hydroxyl groups excluding tert-OH is 1. The van der Waals surface area contributed by atoms with Crippen LogP contribution in [-0.2, 0) is 0 Å². The lowest BCUT2D eigenvalue weighted by Crippen LogP contribution is -1.93. The molecule has 0 aromatic heterocycles. The Morgan fingerprint density at radius 1 is 1.46 bits per heavy atom. The predicted molar refractivity (Wildman–Crippen MR) is 54.2 cm³/mol. The van der Waals surface area contributed by atoms with Gasteiger partial charge in [-0.2, -0.15) is 0 Å². The third-order valence-corrected chi connectivity index (χ3v) is 1.78. The molecule has 3 N–H and O–H groups in total. The Kier molecular flexibility index (Phi) is 3.36. The van der Waals surface area contributed by atoms with Crippen molar-refractivity contribution in [3.05, 3.63) is 29.3 Å². The molecule has 0 aliphatic carbocycles. The van der Waals surface area contributed by atoms with E-state index in [1.807, 2.05) is 25.1 Å². The predicted octanol–water partition coefficient (Wildman–Crippen LogP) is 1.31. The third kappa shape index (κ3) is 2.50. The van der Waals surface area contributed by atoms with Crippen LogP contribution in [0.5, 0.6) is 0 Å². The van der Waals surface area contributed by atoms with E-state index in [1.165, 1.54) is 0 Å². The number of hydrogen-bond donors (Lipinski definition) is 2. The zero-order valence-electron chi connectivity index (χ0n) is 7.67. The first-order valence-corrected chi connectivity index (χ1v) is 4.20. The van der Waals surface area contributed by atoms with Gasteiger partial charge in [0.25, 0.3) is 0 Å². The number of nitrogens with two attached hydrogens (primary N) is 1. The molecule has 2 nitrogen and oxygen atoms in total. The molecule has 1 aromatic rings. The summed E-state index contributed by atoms with van der Waals surface area (Å²) in [6, 6.07) is 5.76. The molecule has 0 saturated carbocycles. The van der Waals surface area contributed by atoms with E-state index in [-0.39, 0.29) is 6.61 Å². The maximum atomic E-state index is 8.53. The molecule has 0 aliphatic rings. The molecule has 0 amide bonds. The van der Waals surface area contributed by atoms with Gasteiger partial charge >= 0.3 is 0 Å². The van der Waals surface area contributed by atoms with Gasteiger partial charge in [-0.05, 0) is 18.6 Å². The van der Waals surface area contributed by atoms with Crippen LogP contribution in [-0.4, -0.2) is 11.7 Å². The van der Waals surface area contributed by atoms with Crippen molar-refractivity contribution < 1.29 is 5.11 Å². The fraction of sp³-hybridized carbons (Fsp3) is 0.273. The maximum Gasteiger partial charge on any atom is 0.0540 e. The quantitative estimate of drug-likeness (QED) is 0.499. The lowest BCUT2D eigenvalue weighted by atomic mass is 10.1. The van der Waals surface area contributed by atoms with Crippen LogP contribution < -0.4 is 5.73 Å². The van der Waals surface area contributed by atoms with Crippen LogP contribution in [0.1, 0.15) is 17.5 Å². The molecular formula is C11H13NO. The van der Waals surface area contributed by atoms with Gasteiger partial charge in [-0.25, -0.2) is 0 Å². The van der Waals surface area contributed by atoms with Crippen molar-refractivity contribution in [3.8, 4) is 11.8 Å². The monoisotopic (exact) mass is 175 g/mol. The fourth-order valence-corrected chi connectivity index (χ4v) is 1.00. The average Bonchev–Trinajstić information content (AvgIpc) is 2.13. The van der Waals surface area contributed by atoms with Crippen LogP contribution in [0.4, 0.5) is 5.69 Å². The largest absolute Gasteiger partial charge is 0.398 e. The molecule has 0 radical (unpaired) electrons. The lowest BCUT2D eigenvalue weighted by Gasteiger charge is -2.00.